The number of rotatable bonds is 7. The maximum Gasteiger partial charge on any atom is 0.195 e. The molecule has 7 heteroatoms. The number of guanidine groups is 1. The highest BCUT2D eigenvalue weighted by Gasteiger charge is 2.15. The first-order valence-electron chi connectivity index (χ1n) is 6.91. The van der Waals surface area contributed by atoms with Gasteiger partial charge in [0.1, 0.15) is 0 Å². The summed E-state index contributed by atoms with van der Waals surface area (Å²) in [6.45, 7) is 5.01. The van der Waals surface area contributed by atoms with Crippen molar-refractivity contribution in [3.8, 4) is 0 Å². The van der Waals surface area contributed by atoms with Crippen molar-refractivity contribution in [1.29, 1.82) is 0 Å². The number of aliphatic hydroxyl groups is 2. The molecule has 0 aromatic carbocycles. The summed E-state index contributed by atoms with van der Waals surface area (Å²) in [4.78, 5) is 8.48. The topological polar surface area (TPSA) is 116 Å². The summed E-state index contributed by atoms with van der Waals surface area (Å²) in [5.41, 5.74) is 6.37. The third kappa shape index (κ3) is 7.03. The zero-order chi connectivity index (χ0) is 15.7. The second-order valence-electron chi connectivity index (χ2n) is 5.62. The molecule has 1 heterocycles. The van der Waals surface area contributed by atoms with E-state index in [1.54, 1.807) is 12.4 Å². The van der Waals surface area contributed by atoms with Crippen LogP contribution in [-0.4, -0.2) is 53.5 Å². The van der Waals surface area contributed by atoms with E-state index in [0.29, 0.717) is 19.0 Å². The van der Waals surface area contributed by atoms with Gasteiger partial charge < -0.3 is 26.6 Å². The normalized spacial score (nSPS) is 13.9. The van der Waals surface area contributed by atoms with Crippen molar-refractivity contribution in [2.24, 2.45) is 16.1 Å². The number of hydrogen-bond acceptors (Lipinski definition) is 5. The SMILES string of the molecule is CC(C)(CN)CN=C(NCC(O)CO)Nc1cccnc1. The highest BCUT2D eigenvalue weighted by atomic mass is 16.3. The van der Waals surface area contributed by atoms with E-state index >= 15 is 0 Å². The van der Waals surface area contributed by atoms with Crippen molar-refractivity contribution in [3.63, 3.8) is 0 Å². The Hall–Kier alpha value is -1.70. The molecule has 1 rings (SSSR count). The van der Waals surface area contributed by atoms with Gasteiger partial charge in [0, 0.05) is 19.3 Å². The highest BCUT2D eigenvalue weighted by Crippen LogP contribution is 2.12. The first-order valence-corrected chi connectivity index (χ1v) is 6.91. The molecule has 0 bridgehead atoms. The second-order valence-corrected chi connectivity index (χ2v) is 5.62. The van der Waals surface area contributed by atoms with Gasteiger partial charge in [0.25, 0.3) is 0 Å². The van der Waals surface area contributed by atoms with Gasteiger partial charge >= 0.3 is 0 Å². The van der Waals surface area contributed by atoms with Crippen LogP contribution in [0, 0.1) is 5.41 Å². The van der Waals surface area contributed by atoms with Crippen molar-refractivity contribution < 1.29 is 10.2 Å². The first kappa shape index (κ1) is 17.4. The van der Waals surface area contributed by atoms with Crippen LogP contribution in [0.1, 0.15) is 13.8 Å². The molecule has 1 aromatic rings. The van der Waals surface area contributed by atoms with Crippen molar-refractivity contribution in [2.75, 3.05) is 31.6 Å². The van der Waals surface area contributed by atoms with Crippen LogP contribution in [0.2, 0.25) is 0 Å². The molecule has 1 aromatic heterocycles. The van der Waals surface area contributed by atoms with Crippen LogP contribution in [0.4, 0.5) is 5.69 Å². The molecule has 0 saturated heterocycles. The zero-order valence-electron chi connectivity index (χ0n) is 12.6. The standard InChI is InChI=1S/C14H25N5O2/c1-14(2,9-15)10-18-13(17-7-12(21)8-20)19-11-4-3-5-16-6-11/h3-6,12,20-21H,7-10,15H2,1-2H3,(H2,17,18,19). The number of hydrogen-bond donors (Lipinski definition) is 5. The van der Waals surface area contributed by atoms with Gasteiger partial charge in [0.05, 0.1) is 24.6 Å². The van der Waals surface area contributed by atoms with E-state index in [9.17, 15) is 5.11 Å². The Labute approximate surface area is 125 Å². The number of pyridine rings is 1. The van der Waals surface area contributed by atoms with E-state index in [-0.39, 0.29) is 18.6 Å². The molecule has 0 amide bonds. The van der Waals surface area contributed by atoms with Crippen LogP contribution in [0.25, 0.3) is 0 Å². The quantitative estimate of drug-likeness (QED) is 0.351. The second kappa shape index (κ2) is 8.56. The predicted octanol–water partition coefficient (Wildman–Crippen LogP) is -0.223. The van der Waals surface area contributed by atoms with Gasteiger partial charge in [-0.3, -0.25) is 9.98 Å². The van der Waals surface area contributed by atoms with Crippen molar-refractivity contribution in [3.05, 3.63) is 24.5 Å². The van der Waals surface area contributed by atoms with E-state index in [4.69, 9.17) is 10.8 Å². The molecule has 7 nitrogen and oxygen atoms in total. The Morgan fingerprint density at radius 2 is 2.29 bits per heavy atom. The average molecular weight is 295 g/mol. The number of nitrogens with zero attached hydrogens (tertiary/aromatic N) is 2. The Bertz CT molecular complexity index is 436. The van der Waals surface area contributed by atoms with Crippen LogP contribution in [-0.2, 0) is 0 Å². The minimum absolute atomic E-state index is 0.112. The Morgan fingerprint density at radius 3 is 2.86 bits per heavy atom. The summed E-state index contributed by atoms with van der Waals surface area (Å²) >= 11 is 0. The predicted molar refractivity (Wildman–Crippen MR) is 84.1 cm³/mol. The summed E-state index contributed by atoms with van der Waals surface area (Å²) in [6, 6.07) is 3.67. The molecule has 0 spiro atoms. The number of aliphatic hydroxyl groups excluding tert-OH is 2. The molecule has 1 unspecified atom stereocenters. The van der Waals surface area contributed by atoms with Crippen molar-refractivity contribution >= 4 is 11.6 Å². The fraction of sp³-hybridized carbons (Fsp3) is 0.571. The zero-order valence-corrected chi connectivity index (χ0v) is 12.6. The minimum Gasteiger partial charge on any atom is -0.394 e. The van der Waals surface area contributed by atoms with E-state index in [2.05, 4.69) is 20.6 Å². The van der Waals surface area contributed by atoms with Crippen molar-refractivity contribution in [1.82, 2.24) is 10.3 Å². The summed E-state index contributed by atoms with van der Waals surface area (Å²) in [5, 5.41) is 24.4. The summed E-state index contributed by atoms with van der Waals surface area (Å²) < 4.78 is 0. The third-order valence-corrected chi connectivity index (χ3v) is 2.86. The molecule has 0 fully saturated rings. The molecule has 0 radical (unpaired) electrons. The fourth-order valence-electron chi connectivity index (χ4n) is 1.35. The van der Waals surface area contributed by atoms with Gasteiger partial charge in [-0.2, -0.15) is 0 Å². The van der Waals surface area contributed by atoms with Crippen molar-refractivity contribution in [2.45, 2.75) is 20.0 Å². The van der Waals surface area contributed by atoms with Crippen LogP contribution in [0.15, 0.2) is 29.5 Å². The molecular weight excluding hydrogens is 270 g/mol. The number of anilines is 1. The maximum atomic E-state index is 9.42. The lowest BCUT2D eigenvalue weighted by Gasteiger charge is -2.21. The Balaban J connectivity index is 2.71. The van der Waals surface area contributed by atoms with E-state index in [0.717, 1.165) is 5.69 Å². The molecule has 0 aliphatic heterocycles. The van der Waals surface area contributed by atoms with Gasteiger partial charge in [-0.15, -0.1) is 0 Å². The summed E-state index contributed by atoms with van der Waals surface area (Å²) in [5.74, 6) is 0.511. The van der Waals surface area contributed by atoms with Crippen LogP contribution in [0.5, 0.6) is 0 Å². The summed E-state index contributed by atoms with van der Waals surface area (Å²) in [7, 11) is 0. The minimum atomic E-state index is -0.839. The molecule has 6 N–H and O–H groups in total. The van der Waals surface area contributed by atoms with Gasteiger partial charge in [-0.05, 0) is 24.1 Å². The lowest BCUT2D eigenvalue weighted by Crippen LogP contribution is -2.39. The van der Waals surface area contributed by atoms with Crippen LogP contribution < -0.4 is 16.4 Å². The molecule has 1 atom stereocenters. The van der Waals surface area contributed by atoms with E-state index < -0.39 is 6.10 Å². The van der Waals surface area contributed by atoms with Gasteiger partial charge in [-0.1, -0.05) is 13.8 Å². The molecular formula is C14H25N5O2. The number of aromatic nitrogens is 1. The number of nitrogens with two attached hydrogens (primary N) is 1. The molecule has 0 aliphatic carbocycles. The Kier molecular flexibility index (Phi) is 7.07. The van der Waals surface area contributed by atoms with Gasteiger partial charge in [0.15, 0.2) is 5.96 Å². The van der Waals surface area contributed by atoms with Crippen LogP contribution in [0.3, 0.4) is 0 Å². The van der Waals surface area contributed by atoms with Gasteiger partial charge in [0.2, 0.25) is 0 Å². The molecule has 118 valence electrons. The monoisotopic (exact) mass is 295 g/mol. The maximum absolute atomic E-state index is 9.42. The smallest absolute Gasteiger partial charge is 0.195 e. The number of aliphatic imine (C=N–C) groups is 1. The van der Waals surface area contributed by atoms with E-state index in [1.807, 2.05) is 26.0 Å². The van der Waals surface area contributed by atoms with E-state index in [1.165, 1.54) is 0 Å². The lowest BCUT2D eigenvalue weighted by atomic mass is 9.94. The summed E-state index contributed by atoms with van der Waals surface area (Å²) in [6.07, 6.45) is 2.52. The number of nitrogens with one attached hydrogen (secondary N) is 2. The van der Waals surface area contributed by atoms with Crippen LogP contribution >= 0.6 is 0 Å². The van der Waals surface area contributed by atoms with Gasteiger partial charge in [-0.25, -0.2) is 0 Å². The molecule has 0 aliphatic rings. The highest BCUT2D eigenvalue weighted by molar-refractivity contribution is 5.93. The molecule has 0 saturated carbocycles. The average Bonchev–Trinajstić information content (AvgIpc) is 2.50. The fourth-order valence-corrected chi connectivity index (χ4v) is 1.35. The lowest BCUT2D eigenvalue weighted by molar-refractivity contribution is 0.0982. The Morgan fingerprint density at radius 1 is 1.52 bits per heavy atom. The largest absolute Gasteiger partial charge is 0.394 e. The molecule has 21 heavy (non-hydrogen) atoms. The first-order chi connectivity index (χ1) is 9.96. The third-order valence-electron chi connectivity index (χ3n) is 2.86.